The summed E-state index contributed by atoms with van der Waals surface area (Å²) in [6.07, 6.45) is 6.69. The molecule has 0 aliphatic carbocycles. The highest BCUT2D eigenvalue weighted by Crippen LogP contribution is 2.27. The lowest BCUT2D eigenvalue weighted by Gasteiger charge is -2.39. The van der Waals surface area contributed by atoms with Gasteiger partial charge in [-0.3, -0.25) is 19.4 Å². The molecular formula is C51H53F2N7O3. The zero-order valence-corrected chi connectivity index (χ0v) is 35.6. The van der Waals surface area contributed by atoms with Crippen LogP contribution in [-0.4, -0.2) is 88.8 Å². The molecule has 5 N–H and O–H groups in total. The van der Waals surface area contributed by atoms with Crippen LogP contribution >= 0.6 is 0 Å². The van der Waals surface area contributed by atoms with Gasteiger partial charge in [0.1, 0.15) is 11.6 Å². The van der Waals surface area contributed by atoms with Crippen molar-refractivity contribution in [1.29, 1.82) is 0 Å². The number of carbonyl (C=O) groups is 3. The fourth-order valence-electron chi connectivity index (χ4n) is 8.27. The molecule has 2 aliphatic rings. The molecule has 0 radical (unpaired) electrons. The molecule has 2 saturated heterocycles. The number of fused-ring (bicyclic) bond motifs is 2. The van der Waals surface area contributed by atoms with E-state index in [1.54, 1.807) is 30.4 Å². The van der Waals surface area contributed by atoms with Crippen LogP contribution in [0.1, 0.15) is 36.1 Å². The number of carbonyl (C=O) groups excluding carboxylic acids is 3. The summed E-state index contributed by atoms with van der Waals surface area (Å²) < 4.78 is 26.2. The number of halogens is 2. The topological polar surface area (TPSA) is 128 Å². The Morgan fingerprint density at radius 1 is 0.603 bits per heavy atom. The van der Waals surface area contributed by atoms with Crippen LogP contribution in [0.3, 0.4) is 0 Å². The number of anilines is 2. The van der Waals surface area contributed by atoms with Crippen LogP contribution in [0.25, 0.3) is 33.7 Å². The molecule has 2 heterocycles. The summed E-state index contributed by atoms with van der Waals surface area (Å²) in [5, 5.41) is 6.80. The molecule has 2 aliphatic heterocycles. The number of urea groups is 1. The van der Waals surface area contributed by atoms with Gasteiger partial charge in [-0.2, -0.15) is 0 Å². The quantitative estimate of drug-likeness (QED) is 0.0989. The molecule has 6 aromatic rings. The molecule has 0 aromatic heterocycles. The molecule has 324 valence electrons. The second-order valence-corrected chi connectivity index (χ2v) is 16.3. The first-order valence-electron chi connectivity index (χ1n) is 21.2. The number of benzene rings is 6. The zero-order chi connectivity index (χ0) is 44.5. The number of primary amides is 1. The number of hydrogen-bond donors (Lipinski definition) is 3. The second kappa shape index (κ2) is 20.3. The van der Waals surface area contributed by atoms with Crippen LogP contribution in [0.2, 0.25) is 0 Å². The number of piperazine rings is 2. The van der Waals surface area contributed by atoms with Crippen molar-refractivity contribution in [3.63, 3.8) is 0 Å². The minimum atomic E-state index is -0.655. The van der Waals surface area contributed by atoms with Gasteiger partial charge >= 0.3 is 6.03 Å². The third kappa shape index (κ3) is 11.7. The second-order valence-electron chi connectivity index (χ2n) is 16.3. The van der Waals surface area contributed by atoms with Crippen molar-refractivity contribution in [2.45, 2.75) is 39.0 Å². The Kier molecular flexibility index (Phi) is 14.2. The van der Waals surface area contributed by atoms with Gasteiger partial charge in [-0.15, -0.1) is 0 Å². The summed E-state index contributed by atoms with van der Waals surface area (Å²) in [4.78, 5) is 45.5. The molecule has 12 heteroatoms. The highest BCUT2D eigenvalue weighted by Gasteiger charge is 2.27. The highest BCUT2D eigenvalue weighted by molar-refractivity contribution is 5.99. The third-order valence-electron chi connectivity index (χ3n) is 11.6. The predicted molar refractivity (Wildman–Crippen MR) is 249 cm³/mol. The van der Waals surface area contributed by atoms with E-state index in [-0.39, 0.29) is 35.5 Å². The minimum Gasteiger partial charge on any atom is -0.398 e. The summed E-state index contributed by atoms with van der Waals surface area (Å²) in [5.74, 6) is -0.546. The van der Waals surface area contributed by atoms with E-state index >= 15 is 0 Å². The molecule has 0 unspecified atom stereocenters. The monoisotopic (exact) mass is 849 g/mol. The van der Waals surface area contributed by atoms with Gasteiger partial charge in [0.05, 0.1) is 5.69 Å². The summed E-state index contributed by atoms with van der Waals surface area (Å²) in [7, 11) is 0. The molecule has 10 nitrogen and oxygen atoms in total. The number of nitrogens with one attached hydrogen (secondary N) is 1. The van der Waals surface area contributed by atoms with Crippen molar-refractivity contribution in [2.24, 2.45) is 5.73 Å². The number of rotatable bonds is 9. The van der Waals surface area contributed by atoms with Gasteiger partial charge in [0, 0.05) is 82.3 Å². The van der Waals surface area contributed by atoms with Crippen LogP contribution in [0.5, 0.6) is 0 Å². The van der Waals surface area contributed by atoms with Gasteiger partial charge < -0.3 is 26.6 Å². The first kappa shape index (κ1) is 44.2. The molecule has 6 aromatic carbocycles. The van der Waals surface area contributed by atoms with Crippen molar-refractivity contribution in [1.82, 2.24) is 19.6 Å². The third-order valence-corrected chi connectivity index (χ3v) is 11.6. The van der Waals surface area contributed by atoms with Crippen LogP contribution in [0.4, 0.5) is 25.0 Å². The maximum atomic E-state index is 13.1. The molecular weight excluding hydrogens is 797 g/mol. The van der Waals surface area contributed by atoms with Crippen LogP contribution < -0.4 is 16.8 Å². The van der Waals surface area contributed by atoms with E-state index in [1.165, 1.54) is 24.3 Å². The van der Waals surface area contributed by atoms with Crippen molar-refractivity contribution in [3.8, 4) is 0 Å². The Hall–Kier alpha value is -6.89. The van der Waals surface area contributed by atoms with Crippen LogP contribution in [0, 0.1) is 11.6 Å². The van der Waals surface area contributed by atoms with Gasteiger partial charge in [0.25, 0.3) is 0 Å². The number of nitrogens with two attached hydrogens (primary N) is 2. The summed E-state index contributed by atoms with van der Waals surface area (Å²) in [5.41, 5.74) is 16.4. The van der Waals surface area contributed by atoms with Crippen LogP contribution in [-0.2, 0) is 22.7 Å². The van der Waals surface area contributed by atoms with Gasteiger partial charge in [-0.1, -0.05) is 72.8 Å². The van der Waals surface area contributed by atoms with E-state index in [9.17, 15) is 23.2 Å². The van der Waals surface area contributed by atoms with E-state index in [4.69, 9.17) is 11.5 Å². The van der Waals surface area contributed by atoms with Crippen molar-refractivity contribution >= 4 is 62.9 Å². The van der Waals surface area contributed by atoms with E-state index < -0.39 is 6.03 Å². The van der Waals surface area contributed by atoms with Crippen molar-refractivity contribution in [2.75, 3.05) is 50.3 Å². The van der Waals surface area contributed by atoms with E-state index in [0.717, 1.165) is 77.5 Å². The van der Waals surface area contributed by atoms with E-state index in [2.05, 4.69) is 22.0 Å². The highest BCUT2D eigenvalue weighted by atomic mass is 19.1. The number of hydrogen-bond acceptors (Lipinski definition) is 6. The van der Waals surface area contributed by atoms with Gasteiger partial charge in [-0.25, -0.2) is 13.6 Å². The average Bonchev–Trinajstić information content (AvgIpc) is 3.26. The SMILES string of the molecule is C[C@@H]1CN(Cc2ccc(F)cc2)CCN1C(=O)/C=C/c1cc2ccccc2cc1N.C[C@@H]1CN(Cc2ccc(F)cc2)CCN1C(=O)/C=C/c1cc2ccccc2cc1NC(N)=O. The largest absolute Gasteiger partial charge is 0.398 e. The van der Waals surface area contributed by atoms with E-state index in [1.807, 2.05) is 108 Å². The minimum absolute atomic E-state index is 0.00325. The lowest BCUT2D eigenvalue weighted by Crippen LogP contribution is -2.53. The van der Waals surface area contributed by atoms with Gasteiger partial charge in [0.2, 0.25) is 11.8 Å². The zero-order valence-electron chi connectivity index (χ0n) is 35.6. The Labute approximate surface area is 367 Å². The Balaban J connectivity index is 0.000000190. The molecule has 8 rings (SSSR count). The van der Waals surface area contributed by atoms with E-state index in [0.29, 0.717) is 30.0 Å². The standard InChI is InChI=1S/C26H27FN4O2.C25H26FN3O/c1-18-16-30(17-19-6-9-23(27)10-7-19)12-13-31(18)25(32)11-8-22-14-20-4-2-3-5-21(20)15-24(22)29-26(28)33;1-18-16-28(17-19-6-9-23(26)10-7-19)12-13-29(18)25(30)11-8-22-14-20-4-2-3-5-21(20)15-24(22)27/h2-11,14-15,18H,12-13,16-17H2,1H3,(H3,28,29,33);2-11,14-15,18H,12-13,16-17,27H2,1H3/b2*11-8+/t2*18-/m11/s1. The Morgan fingerprint density at radius 2 is 1.02 bits per heavy atom. The molecule has 63 heavy (non-hydrogen) atoms. The fourth-order valence-corrected chi connectivity index (χ4v) is 8.27. The molecule has 2 fully saturated rings. The van der Waals surface area contributed by atoms with Gasteiger partial charge in [-0.05, 0) is 118 Å². The number of nitrogen functional groups attached to an aromatic ring is 1. The molecule has 0 spiro atoms. The smallest absolute Gasteiger partial charge is 0.316 e. The van der Waals surface area contributed by atoms with Crippen molar-refractivity contribution in [3.05, 3.63) is 167 Å². The molecule has 0 bridgehead atoms. The normalized spacial score (nSPS) is 17.3. The summed E-state index contributed by atoms with van der Waals surface area (Å²) in [6.45, 7) is 9.90. The fraction of sp³-hybridized carbons (Fsp3) is 0.235. The number of amides is 4. The molecule has 4 amide bonds. The Morgan fingerprint density at radius 3 is 1.46 bits per heavy atom. The number of nitrogens with zero attached hydrogens (tertiary/aromatic N) is 4. The average molecular weight is 850 g/mol. The lowest BCUT2D eigenvalue weighted by atomic mass is 10.0. The maximum absolute atomic E-state index is 13.1. The predicted octanol–water partition coefficient (Wildman–Crippen LogP) is 8.52. The first-order valence-corrected chi connectivity index (χ1v) is 21.2. The van der Waals surface area contributed by atoms with Crippen LogP contribution in [0.15, 0.2) is 133 Å². The van der Waals surface area contributed by atoms with Crippen molar-refractivity contribution < 1.29 is 23.2 Å². The lowest BCUT2D eigenvalue weighted by molar-refractivity contribution is -0.131. The first-order chi connectivity index (χ1) is 30.4. The summed E-state index contributed by atoms with van der Waals surface area (Å²) in [6, 6.07) is 36.2. The van der Waals surface area contributed by atoms with Gasteiger partial charge in [0.15, 0.2) is 0 Å². The Bertz CT molecular complexity index is 2630. The summed E-state index contributed by atoms with van der Waals surface area (Å²) >= 11 is 0. The molecule has 0 saturated carbocycles. The maximum Gasteiger partial charge on any atom is 0.316 e. The molecule has 2 atom stereocenters.